The number of rotatable bonds is 3. The fourth-order valence-electron chi connectivity index (χ4n) is 2.86. The fraction of sp³-hybridized carbons (Fsp3) is 0.857. The third-order valence-electron chi connectivity index (χ3n) is 4.22. The van der Waals surface area contributed by atoms with E-state index >= 15 is 0 Å². The summed E-state index contributed by atoms with van der Waals surface area (Å²) >= 11 is 0. The summed E-state index contributed by atoms with van der Waals surface area (Å²) in [6.45, 7) is 11.8. The largest absolute Gasteiger partial charge is 0.309 e. The molecule has 2 heterocycles. The van der Waals surface area contributed by atoms with Crippen LogP contribution >= 0.6 is 0 Å². The molecule has 1 atom stereocenters. The van der Waals surface area contributed by atoms with Crippen molar-refractivity contribution in [3.05, 3.63) is 11.1 Å². The lowest BCUT2D eigenvalue weighted by atomic mass is 10.0. The highest BCUT2D eigenvalue weighted by Gasteiger charge is 2.23. The van der Waals surface area contributed by atoms with Crippen molar-refractivity contribution in [2.24, 2.45) is 0 Å². The number of nitrogens with one attached hydrogen (secondary N) is 1. The summed E-state index contributed by atoms with van der Waals surface area (Å²) in [5.74, 6) is 0. The normalized spacial score (nSPS) is 27.7. The van der Waals surface area contributed by atoms with Crippen LogP contribution in [-0.4, -0.2) is 62.2 Å². The van der Waals surface area contributed by atoms with Gasteiger partial charge in [0.05, 0.1) is 0 Å². The molecular weight excluding hydrogens is 210 g/mol. The van der Waals surface area contributed by atoms with Crippen molar-refractivity contribution in [2.45, 2.75) is 32.7 Å². The highest BCUT2D eigenvalue weighted by Crippen LogP contribution is 2.16. The monoisotopic (exact) mass is 237 g/mol. The van der Waals surface area contributed by atoms with Crippen molar-refractivity contribution in [1.82, 2.24) is 15.1 Å². The smallest absolute Gasteiger partial charge is 0.0223 e. The van der Waals surface area contributed by atoms with Gasteiger partial charge in [0, 0.05) is 38.8 Å². The Kier molecular flexibility index (Phi) is 4.60. The average Bonchev–Trinajstić information content (AvgIpc) is 2.38. The summed E-state index contributed by atoms with van der Waals surface area (Å²) in [5, 5.41) is 3.34. The van der Waals surface area contributed by atoms with Crippen LogP contribution in [0.15, 0.2) is 11.1 Å². The maximum atomic E-state index is 3.34. The van der Waals surface area contributed by atoms with E-state index in [4.69, 9.17) is 0 Å². The summed E-state index contributed by atoms with van der Waals surface area (Å²) in [4.78, 5) is 5.19. The van der Waals surface area contributed by atoms with Crippen molar-refractivity contribution in [3.63, 3.8) is 0 Å². The number of likely N-dealkylation sites (N-methyl/N-ethyl adjacent to an activating group) is 1. The van der Waals surface area contributed by atoms with Gasteiger partial charge in [-0.3, -0.25) is 4.90 Å². The van der Waals surface area contributed by atoms with E-state index in [1.165, 1.54) is 39.0 Å². The Morgan fingerprint density at radius 2 is 2.12 bits per heavy atom. The third kappa shape index (κ3) is 3.30. The van der Waals surface area contributed by atoms with Crippen molar-refractivity contribution >= 4 is 0 Å². The minimum atomic E-state index is 0.742. The highest BCUT2D eigenvalue weighted by molar-refractivity contribution is 5.22. The summed E-state index contributed by atoms with van der Waals surface area (Å²) in [6, 6.07) is 0.742. The summed E-state index contributed by atoms with van der Waals surface area (Å²) in [6.07, 6.45) is 2.58. The van der Waals surface area contributed by atoms with Gasteiger partial charge in [0.1, 0.15) is 0 Å². The molecule has 2 saturated heterocycles. The van der Waals surface area contributed by atoms with Gasteiger partial charge in [-0.15, -0.1) is 0 Å². The lowest BCUT2D eigenvalue weighted by molar-refractivity contribution is 0.196. The Morgan fingerprint density at radius 3 is 2.71 bits per heavy atom. The lowest BCUT2D eigenvalue weighted by Gasteiger charge is -2.32. The minimum absolute atomic E-state index is 0.742. The molecule has 1 unspecified atom stereocenters. The van der Waals surface area contributed by atoms with Crippen LogP contribution in [0.3, 0.4) is 0 Å². The first-order valence-corrected chi connectivity index (χ1v) is 7.01. The molecule has 0 radical (unpaired) electrons. The van der Waals surface area contributed by atoms with E-state index in [2.05, 4.69) is 36.0 Å². The van der Waals surface area contributed by atoms with Crippen LogP contribution in [0.4, 0.5) is 0 Å². The predicted octanol–water partition coefficient (Wildman–Crippen LogP) is 1.32. The maximum absolute atomic E-state index is 3.34. The Labute approximate surface area is 106 Å². The van der Waals surface area contributed by atoms with Gasteiger partial charge in [-0.1, -0.05) is 12.5 Å². The van der Waals surface area contributed by atoms with Crippen LogP contribution in [-0.2, 0) is 0 Å². The van der Waals surface area contributed by atoms with Crippen LogP contribution in [0, 0.1) is 0 Å². The summed E-state index contributed by atoms with van der Waals surface area (Å²) in [7, 11) is 2.26. The van der Waals surface area contributed by atoms with E-state index in [9.17, 15) is 0 Å². The number of hydrogen-bond acceptors (Lipinski definition) is 3. The molecule has 0 aromatic carbocycles. The highest BCUT2D eigenvalue weighted by atomic mass is 15.2. The lowest BCUT2D eigenvalue weighted by Crippen LogP contribution is -2.42. The molecule has 2 aliphatic heterocycles. The van der Waals surface area contributed by atoms with E-state index in [1.54, 1.807) is 11.1 Å². The SMILES string of the molecule is CCC1CN(C)CCCN1CC(C)=C1CNC1. The van der Waals surface area contributed by atoms with Crippen LogP contribution in [0.2, 0.25) is 0 Å². The molecule has 0 aromatic rings. The van der Waals surface area contributed by atoms with Crippen LogP contribution in [0.25, 0.3) is 0 Å². The second-order valence-corrected chi connectivity index (χ2v) is 5.64. The Balaban J connectivity index is 1.97. The molecule has 3 nitrogen and oxygen atoms in total. The molecule has 0 spiro atoms. The number of hydrogen-bond donors (Lipinski definition) is 1. The first-order valence-electron chi connectivity index (χ1n) is 7.01. The van der Waals surface area contributed by atoms with Crippen molar-refractivity contribution in [1.29, 1.82) is 0 Å². The molecule has 0 bridgehead atoms. The molecule has 2 rings (SSSR count). The third-order valence-corrected chi connectivity index (χ3v) is 4.22. The van der Waals surface area contributed by atoms with Gasteiger partial charge in [-0.05, 0) is 38.9 Å². The van der Waals surface area contributed by atoms with Gasteiger partial charge in [-0.25, -0.2) is 0 Å². The van der Waals surface area contributed by atoms with E-state index in [0.717, 1.165) is 19.1 Å². The molecule has 2 aliphatic rings. The molecule has 3 heteroatoms. The van der Waals surface area contributed by atoms with E-state index in [1.807, 2.05) is 0 Å². The quantitative estimate of drug-likeness (QED) is 0.747. The second-order valence-electron chi connectivity index (χ2n) is 5.64. The van der Waals surface area contributed by atoms with Crippen molar-refractivity contribution < 1.29 is 0 Å². The minimum Gasteiger partial charge on any atom is -0.309 e. The van der Waals surface area contributed by atoms with Gasteiger partial charge in [0.25, 0.3) is 0 Å². The predicted molar refractivity (Wildman–Crippen MR) is 73.3 cm³/mol. The van der Waals surface area contributed by atoms with E-state index in [-0.39, 0.29) is 0 Å². The Morgan fingerprint density at radius 1 is 1.35 bits per heavy atom. The summed E-state index contributed by atoms with van der Waals surface area (Å²) < 4.78 is 0. The van der Waals surface area contributed by atoms with Gasteiger partial charge >= 0.3 is 0 Å². The Hall–Kier alpha value is -0.380. The molecule has 2 fully saturated rings. The first kappa shape index (κ1) is 13.1. The average molecular weight is 237 g/mol. The van der Waals surface area contributed by atoms with Crippen molar-refractivity contribution in [3.8, 4) is 0 Å². The molecule has 0 amide bonds. The Bertz CT molecular complexity index is 279. The first-order chi connectivity index (χ1) is 8.20. The molecule has 1 N–H and O–H groups in total. The molecule has 17 heavy (non-hydrogen) atoms. The molecule has 98 valence electrons. The van der Waals surface area contributed by atoms with Crippen LogP contribution < -0.4 is 5.32 Å². The maximum Gasteiger partial charge on any atom is 0.0223 e. The second kappa shape index (κ2) is 5.98. The van der Waals surface area contributed by atoms with E-state index in [0.29, 0.717) is 0 Å². The number of nitrogens with zero attached hydrogens (tertiary/aromatic N) is 2. The zero-order valence-corrected chi connectivity index (χ0v) is 11.6. The van der Waals surface area contributed by atoms with E-state index < -0.39 is 0 Å². The molecule has 0 aliphatic carbocycles. The molecular formula is C14H27N3. The topological polar surface area (TPSA) is 18.5 Å². The summed E-state index contributed by atoms with van der Waals surface area (Å²) in [5.41, 5.74) is 3.24. The zero-order chi connectivity index (χ0) is 12.3. The van der Waals surface area contributed by atoms with Gasteiger partial charge in [0.15, 0.2) is 0 Å². The standard InChI is InChI=1S/C14H27N3/c1-4-14-11-16(3)6-5-7-17(14)10-12(2)13-8-15-9-13/h14-15H,4-11H2,1-3H3. The zero-order valence-electron chi connectivity index (χ0n) is 11.6. The van der Waals surface area contributed by atoms with Crippen molar-refractivity contribution in [2.75, 3.05) is 46.3 Å². The van der Waals surface area contributed by atoms with Gasteiger partial charge < -0.3 is 10.2 Å². The molecule has 0 aromatic heterocycles. The fourth-order valence-corrected chi connectivity index (χ4v) is 2.86. The van der Waals surface area contributed by atoms with Gasteiger partial charge in [-0.2, -0.15) is 0 Å². The van der Waals surface area contributed by atoms with Gasteiger partial charge in [0.2, 0.25) is 0 Å². The molecule has 0 saturated carbocycles. The van der Waals surface area contributed by atoms with Crippen LogP contribution in [0.1, 0.15) is 26.7 Å². The van der Waals surface area contributed by atoms with Crippen LogP contribution in [0.5, 0.6) is 0 Å².